The fourth-order valence-electron chi connectivity index (χ4n) is 0.810. The highest BCUT2D eigenvalue weighted by atomic mass is 16.6. The smallest absolute Gasteiger partial charge is 0.157 e. The van der Waals surface area contributed by atoms with Crippen molar-refractivity contribution in [2.24, 2.45) is 0 Å². The number of rotatable bonds is 0. The molecule has 0 aromatic heterocycles. The maximum atomic E-state index is 7.26. The Bertz CT molecular complexity index is 276. The summed E-state index contributed by atoms with van der Waals surface area (Å²) < 4.78 is 38.7. The fourth-order valence-corrected chi connectivity index (χ4v) is 0.810. The molecular weight excluding hydrogens is 116 g/mol. The van der Waals surface area contributed by atoms with Gasteiger partial charge in [0.05, 0.1) is 5.48 Å². The molecule has 0 bridgehead atoms. The zero-order valence-corrected chi connectivity index (χ0v) is 4.68. The lowest BCUT2D eigenvalue weighted by atomic mass is 10.4. The van der Waals surface area contributed by atoms with E-state index >= 15 is 0 Å². The first-order chi connectivity index (χ1) is 5.92. The Hall–Kier alpha value is -0.920. The molecule has 0 saturated carbocycles. The third kappa shape index (κ3) is 0.707. The minimum Gasteiger partial charge on any atom is -0.486 e. The van der Waals surface area contributed by atoms with Crippen LogP contribution in [0.4, 0.5) is 0 Å². The molecule has 0 radical (unpaired) electrons. The maximum absolute atomic E-state index is 7.26. The summed E-state index contributed by atoms with van der Waals surface area (Å²) in [6, 6.07) is 0. The SMILES string of the molecule is [2H]C1([2H])OC2=CCC=C2OC1([2H])[2H]. The Morgan fingerprint density at radius 3 is 2.33 bits per heavy atom. The van der Waals surface area contributed by atoms with Crippen molar-refractivity contribution in [2.45, 2.75) is 6.42 Å². The van der Waals surface area contributed by atoms with Crippen molar-refractivity contribution < 1.29 is 15.0 Å². The molecule has 1 saturated heterocycles. The van der Waals surface area contributed by atoms with Crippen LogP contribution in [0.5, 0.6) is 0 Å². The Labute approximate surface area is 59.4 Å². The molecule has 0 spiro atoms. The highest BCUT2D eigenvalue weighted by Gasteiger charge is 2.16. The second-order valence-corrected chi connectivity index (χ2v) is 1.78. The van der Waals surface area contributed by atoms with Crippen LogP contribution in [0.1, 0.15) is 11.9 Å². The predicted octanol–water partition coefficient (Wildman–Crippen LogP) is 1.20. The third-order valence-electron chi connectivity index (χ3n) is 1.21. The Balaban J connectivity index is 2.34. The second kappa shape index (κ2) is 1.79. The van der Waals surface area contributed by atoms with Crippen LogP contribution in [0, 0.1) is 0 Å². The van der Waals surface area contributed by atoms with Crippen LogP contribution in [0.25, 0.3) is 0 Å². The van der Waals surface area contributed by atoms with Crippen LogP contribution in [-0.4, -0.2) is 13.1 Å². The molecular formula is C7H8O2. The molecule has 0 aromatic carbocycles. The summed E-state index contributed by atoms with van der Waals surface area (Å²) in [6.07, 6.45) is 3.90. The monoisotopic (exact) mass is 128 g/mol. The molecule has 1 fully saturated rings. The zero-order chi connectivity index (χ0) is 9.69. The lowest BCUT2D eigenvalue weighted by Gasteiger charge is -2.17. The molecule has 2 heteroatoms. The summed E-state index contributed by atoms with van der Waals surface area (Å²) >= 11 is 0. The highest BCUT2D eigenvalue weighted by Crippen LogP contribution is 2.23. The van der Waals surface area contributed by atoms with Crippen molar-refractivity contribution in [3.8, 4) is 0 Å². The van der Waals surface area contributed by atoms with Crippen LogP contribution in [0.2, 0.25) is 0 Å². The summed E-state index contributed by atoms with van der Waals surface area (Å²) in [7, 11) is 0. The van der Waals surface area contributed by atoms with E-state index in [1.54, 1.807) is 12.2 Å². The van der Waals surface area contributed by atoms with Crippen LogP contribution >= 0.6 is 0 Å². The van der Waals surface area contributed by atoms with Crippen molar-refractivity contribution in [3.05, 3.63) is 23.7 Å². The summed E-state index contributed by atoms with van der Waals surface area (Å²) in [5.74, 6) is 0.584. The van der Waals surface area contributed by atoms with E-state index in [0.29, 0.717) is 17.9 Å². The molecule has 9 heavy (non-hydrogen) atoms. The topological polar surface area (TPSA) is 18.5 Å². The molecule has 2 rings (SSSR count). The van der Waals surface area contributed by atoms with E-state index in [1.165, 1.54) is 0 Å². The van der Waals surface area contributed by atoms with Crippen LogP contribution in [0.3, 0.4) is 0 Å². The van der Waals surface area contributed by atoms with E-state index in [4.69, 9.17) is 15.0 Å². The van der Waals surface area contributed by atoms with Crippen LogP contribution in [0.15, 0.2) is 23.7 Å². The van der Waals surface area contributed by atoms with Gasteiger partial charge >= 0.3 is 0 Å². The van der Waals surface area contributed by atoms with Crippen molar-refractivity contribution in [1.82, 2.24) is 0 Å². The number of fused-ring (bicyclic) bond motifs is 1. The van der Waals surface area contributed by atoms with E-state index in [0.717, 1.165) is 0 Å². The van der Waals surface area contributed by atoms with E-state index < -0.39 is 13.1 Å². The van der Waals surface area contributed by atoms with Crippen molar-refractivity contribution in [1.29, 1.82) is 0 Å². The Morgan fingerprint density at radius 1 is 1.22 bits per heavy atom. The van der Waals surface area contributed by atoms with Crippen LogP contribution in [-0.2, 0) is 9.47 Å². The van der Waals surface area contributed by atoms with Gasteiger partial charge in [0.15, 0.2) is 11.5 Å². The van der Waals surface area contributed by atoms with Gasteiger partial charge in [0.25, 0.3) is 0 Å². The summed E-state index contributed by atoms with van der Waals surface area (Å²) in [5, 5.41) is 0. The number of hydrogen-bond acceptors (Lipinski definition) is 2. The average Bonchev–Trinajstić information content (AvgIpc) is 2.33. The first-order valence-corrected chi connectivity index (χ1v) is 2.71. The standard InChI is InChI=1S/C7H8O2/c1-2-6-7(3-1)9-5-4-8-6/h2-3H,1,4-5H2/i4D2,5D2. The largest absolute Gasteiger partial charge is 0.486 e. The zero-order valence-electron chi connectivity index (χ0n) is 8.68. The van der Waals surface area contributed by atoms with Gasteiger partial charge in [0.2, 0.25) is 0 Å². The first-order valence-electron chi connectivity index (χ1n) is 4.71. The molecule has 0 aromatic rings. The van der Waals surface area contributed by atoms with E-state index in [9.17, 15) is 0 Å². The molecule has 1 aliphatic carbocycles. The molecule has 2 aliphatic rings. The molecule has 2 nitrogen and oxygen atoms in total. The lowest BCUT2D eigenvalue weighted by molar-refractivity contribution is 0.0614. The predicted molar refractivity (Wildman–Crippen MR) is 32.7 cm³/mol. The second-order valence-electron chi connectivity index (χ2n) is 1.78. The van der Waals surface area contributed by atoms with Gasteiger partial charge in [-0.2, -0.15) is 0 Å². The molecule has 0 amide bonds. The Kier molecular flexibility index (Phi) is 0.472. The minimum absolute atomic E-state index is 0.292. The quantitative estimate of drug-likeness (QED) is 0.488. The molecule has 0 N–H and O–H groups in total. The summed E-state index contributed by atoms with van der Waals surface area (Å²) in [5.41, 5.74) is 0. The summed E-state index contributed by atoms with van der Waals surface area (Å²) in [6.45, 7) is -4.86. The molecule has 1 heterocycles. The fraction of sp³-hybridized carbons (Fsp3) is 0.429. The maximum Gasteiger partial charge on any atom is 0.157 e. The van der Waals surface area contributed by atoms with Gasteiger partial charge in [-0.05, 0) is 18.6 Å². The number of ether oxygens (including phenoxy) is 2. The van der Waals surface area contributed by atoms with Gasteiger partial charge in [-0.25, -0.2) is 0 Å². The van der Waals surface area contributed by atoms with Crippen LogP contribution < -0.4 is 0 Å². The van der Waals surface area contributed by atoms with E-state index in [1.807, 2.05) is 0 Å². The molecule has 48 valence electrons. The number of allylic oxidation sites excluding steroid dienone is 2. The van der Waals surface area contributed by atoms with Gasteiger partial charge in [-0.1, -0.05) is 0 Å². The molecule has 0 unspecified atom stereocenters. The van der Waals surface area contributed by atoms with Gasteiger partial charge in [-0.15, -0.1) is 0 Å². The normalized spacial score (nSPS) is 40.9. The first kappa shape index (κ1) is 2.37. The van der Waals surface area contributed by atoms with Crippen molar-refractivity contribution in [3.63, 3.8) is 0 Å². The molecule has 1 aliphatic heterocycles. The van der Waals surface area contributed by atoms with Gasteiger partial charge in [-0.3, -0.25) is 0 Å². The van der Waals surface area contributed by atoms with E-state index in [2.05, 4.69) is 0 Å². The Morgan fingerprint density at radius 2 is 1.78 bits per heavy atom. The number of hydrogen-bond donors (Lipinski definition) is 0. The van der Waals surface area contributed by atoms with E-state index in [-0.39, 0.29) is 0 Å². The molecule has 0 atom stereocenters. The van der Waals surface area contributed by atoms with Gasteiger partial charge in [0, 0.05) is 0 Å². The highest BCUT2D eigenvalue weighted by molar-refractivity contribution is 5.28. The third-order valence-corrected chi connectivity index (χ3v) is 1.21. The summed E-state index contributed by atoms with van der Waals surface area (Å²) in [4.78, 5) is 0. The lowest BCUT2D eigenvalue weighted by Crippen LogP contribution is -2.11. The van der Waals surface area contributed by atoms with Gasteiger partial charge < -0.3 is 9.47 Å². The minimum atomic E-state index is -2.43. The average molecular weight is 128 g/mol. The van der Waals surface area contributed by atoms with Crippen molar-refractivity contribution in [2.75, 3.05) is 13.1 Å². The van der Waals surface area contributed by atoms with Crippen molar-refractivity contribution >= 4 is 0 Å². The van der Waals surface area contributed by atoms with Gasteiger partial charge in [0.1, 0.15) is 13.1 Å².